The molecule has 0 aliphatic carbocycles. The highest BCUT2D eigenvalue weighted by Gasteiger charge is 2.53. The van der Waals surface area contributed by atoms with Gasteiger partial charge in [-0.1, -0.05) is 0 Å². The van der Waals surface area contributed by atoms with Gasteiger partial charge in [-0.3, -0.25) is 0 Å². The zero-order valence-corrected chi connectivity index (χ0v) is 33.2. The van der Waals surface area contributed by atoms with Crippen molar-refractivity contribution in [3.05, 3.63) is 64.2 Å². The van der Waals surface area contributed by atoms with Crippen molar-refractivity contribution in [1.29, 1.82) is 0 Å². The van der Waals surface area contributed by atoms with Gasteiger partial charge in [0.1, 0.15) is 12.7 Å². The maximum absolute atomic E-state index is 14.4. The number of rotatable bonds is 6. The van der Waals surface area contributed by atoms with Crippen LogP contribution in [0.3, 0.4) is 0 Å². The zero-order chi connectivity index (χ0) is 50.1. The molecule has 0 aromatic heterocycles. The van der Waals surface area contributed by atoms with Crippen LogP contribution in [0.15, 0.2) is 36.4 Å². The number of hydrogen-bond donors (Lipinski definition) is 17. The first-order chi connectivity index (χ1) is 31.8. The predicted octanol–water partition coefficient (Wildman–Crippen LogP) is 1.17. The van der Waals surface area contributed by atoms with Gasteiger partial charge in [0.2, 0.25) is 29.3 Å². The molecule has 17 N–H and O–H groups in total. The fourth-order valence-electron chi connectivity index (χ4n) is 7.15. The third-order valence-corrected chi connectivity index (χ3v) is 10.4. The summed E-state index contributed by atoms with van der Waals surface area (Å²) in [7, 11) is 0. The number of cyclic esters (lactones) is 1. The lowest BCUT2D eigenvalue weighted by atomic mass is 9.91. The smallest absolute Gasteiger partial charge is 0.340 e. The van der Waals surface area contributed by atoms with Crippen molar-refractivity contribution in [2.45, 2.75) is 30.7 Å². The van der Waals surface area contributed by atoms with E-state index in [-0.39, 0.29) is 0 Å². The standard InChI is InChI=1S/C41H30O27/c42-13-1-8(2-14(43)24(13)48)37(60)68-41-33(57)35-34(66-39(62)11-5-17(46)27(51)31(55)22(11)20-9(36(58)59)3-15(44)25(49)29(20)53)19(65-41)7-64-38(61)10-4-16(45)26(50)30(54)21(10)23-12(40(63)67-35)6-18(47)28(52)32(23)56/h1-6,19,33-35,41-57H,7H2,(H,58,59)/t19-,33-,34-,35-,41+/m1/s1. The Balaban J connectivity index is 1.43. The Morgan fingerprint density at radius 2 is 0.926 bits per heavy atom. The second-order valence-corrected chi connectivity index (χ2v) is 14.5. The van der Waals surface area contributed by atoms with Crippen molar-refractivity contribution in [3.63, 3.8) is 0 Å². The number of carbonyl (C=O) groups excluding carboxylic acids is 4. The molecule has 1 saturated heterocycles. The maximum atomic E-state index is 14.4. The van der Waals surface area contributed by atoms with E-state index in [4.69, 9.17) is 23.7 Å². The number of aliphatic hydroxyl groups excluding tert-OH is 1. The van der Waals surface area contributed by atoms with E-state index in [1.165, 1.54) is 0 Å². The van der Waals surface area contributed by atoms with Gasteiger partial charge in [-0.2, -0.15) is 0 Å². The van der Waals surface area contributed by atoms with Crippen LogP contribution in [-0.4, -0.2) is 154 Å². The summed E-state index contributed by atoms with van der Waals surface area (Å²) < 4.78 is 27.2. The quantitative estimate of drug-likeness (QED) is 0.0645. The highest BCUT2D eigenvalue weighted by Crippen LogP contribution is 2.55. The highest BCUT2D eigenvalue weighted by molar-refractivity contribution is 6.09. The molecule has 356 valence electrons. The molecule has 0 saturated carbocycles. The second kappa shape index (κ2) is 16.7. The summed E-state index contributed by atoms with van der Waals surface area (Å²) in [5.74, 6) is -29.4. The minimum atomic E-state index is -2.67. The fourth-order valence-corrected chi connectivity index (χ4v) is 7.15. The number of hydrogen-bond acceptors (Lipinski definition) is 26. The molecular weight excluding hydrogens is 924 g/mol. The molecule has 5 atom stereocenters. The average Bonchev–Trinajstić information content (AvgIpc) is 3.28. The summed E-state index contributed by atoms with van der Waals surface area (Å²) in [6.45, 7) is -1.34. The summed E-state index contributed by atoms with van der Waals surface area (Å²) >= 11 is 0. The Morgan fingerprint density at radius 1 is 0.500 bits per heavy atom. The van der Waals surface area contributed by atoms with Crippen LogP contribution in [0.2, 0.25) is 0 Å². The molecule has 5 aromatic rings. The van der Waals surface area contributed by atoms with Crippen molar-refractivity contribution in [2.75, 3.05) is 6.61 Å². The number of phenolic OH excluding ortho intramolecular Hbond substituents is 15. The van der Waals surface area contributed by atoms with Crippen molar-refractivity contribution < 1.29 is 134 Å². The summed E-state index contributed by atoms with van der Waals surface area (Å²) in [5, 5.41) is 178. The number of carbonyl (C=O) groups is 5. The van der Waals surface area contributed by atoms with Gasteiger partial charge in [0.05, 0.1) is 27.8 Å². The Morgan fingerprint density at radius 3 is 1.43 bits per heavy atom. The van der Waals surface area contributed by atoms with Crippen molar-refractivity contribution in [2.24, 2.45) is 0 Å². The molecule has 2 bridgehead atoms. The zero-order valence-electron chi connectivity index (χ0n) is 33.2. The summed E-state index contributed by atoms with van der Waals surface area (Å²) in [6.07, 6.45) is -12.5. The molecule has 2 aliphatic heterocycles. The van der Waals surface area contributed by atoms with Gasteiger partial charge >= 0.3 is 29.8 Å². The van der Waals surface area contributed by atoms with E-state index in [1.807, 2.05) is 0 Å². The lowest BCUT2D eigenvalue weighted by Crippen LogP contribution is -2.62. The van der Waals surface area contributed by atoms with Crippen LogP contribution in [0.4, 0.5) is 0 Å². The van der Waals surface area contributed by atoms with Crippen LogP contribution in [0, 0.1) is 0 Å². The lowest BCUT2D eigenvalue weighted by molar-refractivity contribution is -0.283. The predicted molar refractivity (Wildman–Crippen MR) is 211 cm³/mol. The molecule has 0 amide bonds. The maximum Gasteiger partial charge on any atom is 0.340 e. The molecule has 1 fully saturated rings. The Hall–Kier alpha value is -9.63. The van der Waals surface area contributed by atoms with Gasteiger partial charge in [0, 0.05) is 22.3 Å². The van der Waals surface area contributed by atoms with Crippen LogP contribution in [0.25, 0.3) is 22.3 Å². The molecule has 7 rings (SSSR count). The second-order valence-electron chi connectivity index (χ2n) is 14.5. The lowest BCUT2D eigenvalue weighted by Gasteiger charge is -2.42. The van der Waals surface area contributed by atoms with E-state index in [9.17, 15) is 111 Å². The summed E-state index contributed by atoms with van der Waals surface area (Å²) in [5.41, 5.74) is -10.1. The number of esters is 4. The molecule has 5 aromatic carbocycles. The highest BCUT2D eigenvalue weighted by atomic mass is 16.7. The van der Waals surface area contributed by atoms with Crippen LogP contribution in [0.1, 0.15) is 51.8 Å². The van der Waals surface area contributed by atoms with Gasteiger partial charge in [0.25, 0.3) is 0 Å². The Labute approximate surface area is 374 Å². The van der Waals surface area contributed by atoms with Gasteiger partial charge in [-0.25, -0.2) is 24.0 Å². The van der Waals surface area contributed by atoms with Gasteiger partial charge in [-0.05, 0) is 36.4 Å². The number of fused-ring (bicyclic) bond motifs is 5. The average molecular weight is 955 g/mol. The number of aromatic hydroxyl groups is 15. The number of aliphatic hydroxyl groups is 1. The van der Waals surface area contributed by atoms with Gasteiger partial charge in [-0.15, -0.1) is 0 Å². The van der Waals surface area contributed by atoms with Gasteiger partial charge in [0.15, 0.2) is 81.6 Å². The summed E-state index contributed by atoms with van der Waals surface area (Å²) in [6, 6.07) is 2.51. The third-order valence-electron chi connectivity index (χ3n) is 10.4. The van der Waals surface area contributed by atoms with E-state index >= 15 is 0 Å². The van der Waals surface area contributed by atoms with Crippen LogP contribution in [0.5, 0.6) is 86.2 Å². The molecule has 2 aliphatic rings. The summed E-state index contributed by atoms with van der Waals surface area (Å²) in [4.78, 5) is 68.2. The number of aromatic carboxylic acids is 1. The molecule has 27 nitrogen and oxygen atoms in total. The first-order valence-electron chi connectivity index (χ1n) is 18.6. The molecule has 0 radical (unpaired) electrons. The van der Waals surface area contributed by atoms with E-state index in [2.05, 4.69) is 0 Å². The van der Waals surface area contributed by atoms with E-state index < -0.39 is 203 Å². The number of phenols is 15. The SMILES string of the molecule is O=C(O[C@@H]1O[C@@H]2COC(=O)c3cc(O)c(O)c(O)c3-c3c(cc(O)c(O)c3O)C(=O)O[C@H]([C@H]1O)[C@@H]2OC(=O)c1cc(O)c(O)c(O)c1-c1c(C(=O)O)cc(O)c(O)c1O)c1cc(O)c(O)c(O)c1. The van der Waals surface area contributed by atoms with E-state index in [0.29, 0.717) is 36.4 Å². The Kier molecular flexibility index (Phi) is 11.4. The molecule has 0 unspecified atom stereocenters. The fraction of sp³-hybridized carbons (Fsp3) is 0.146. The molecule has 68 heavy (non-hydrogen) atoms. The molecule has 27 heteroatoms. The monoisotopic (exact) mass is 954 g/mol. The van der Waals surface area contributed by atoms with Crippen LogP contribution < -0.4 is 0 Å². The largest absolute Gasteiger partial charge is 0.504 e. The van der Waals surface area contributed by atoms with Crippen molar-refractivity contribution in [3.8, 4) is 108 Å². The molecule has 2 heterocycles. The topological polar surface area (TPSA) is 475 Å². The number of benzene rings is 5. The van der Waals surface area contributed by atoms with Crippen LogP contribution >= 0.6 is 0 Å². The number of carboxylic acid groups (broad SMARTS) is 1. The minimum absolute atomic E-state index is 0.294. The molecular formula is C41H30O27. The first-order valence-corrected chi connectivity index (χ1v) is 18.6. The molecule has 0 spiro atoms. The third kappa shape index (κ3) is 7.54. The normalized spacial score (nSPS) is 18.9. The van der Waals surface area contributed by atoms with Gasteiger partial charge < -0.3 is 110 Å². The number of carboxylic acids is 1. The first kappa shape index (κ1) is 46.4. The van der Waals surface area contributed by atoms with E-state index in [0.717, 1.165) is 0 Å². The minimum Gasteiger partial charge on any atom is -0.504 e. The Bertz CT molecular complexity index is 3010. The van der Waals surface area contributed by atoms with Crippen molar-refractivity contribution >= 4 is 29.8 Å². The van der Waals surface area contributed by atoms with E-state index in [1.54, 1.807) is 0 Å². The van der Waals surface area contributed by atoms with Crippen molar-refractivity contribution in [1.82, 2.24) is 0 Å². The number of ether oxygens (including phenoxy) is 5. The van der Waals surface area contributed by atoms with Crippen LogP contribution in [-0.2, 0) is 23.7 Å².